The first-order chi connectivity index (χ1) is 9.31. The zero-order chi connectivity index (χ0) is 13.2. The van der Waals surface area contributed by atoms with Crippen molar-refractivity contribution in [2.45, 2.75) is 5.16 Å². The van der Waals surface area contributed by atoms with Gasteiger partial charge in [0.1, 0.15) is 11.3 Å². The molecule has 2 heterocycles. The van der Waals surface area contributed by atoms with Gasteiger partial charge in [-0.3, -0.25) is 0 Å². The highest BCUT2D eigenvalue weighted by molar-refractivity contribution is 7.98. The Labute approximate surface area is 113 Å². The van der Waals surface area contributed by atoms with Crippen molar-refractivity contribution in [1.82, 2.24) is 25.0 Å². The predicted molar refractivity (Wildman–Crippen MR) is 74.0 cm³/mol. The molecule has 0 unspecified atom stereocenters. The Morgan fingerprint density at radius 3 is 2.89 bits per heavy atom. The van der Waals surface area contributed by atoms with E-state index in [1.54, 1.807) is 10.7 Å². The van der Waals surface area contributed by atoms with E-state index < -0.39 is 0 Å². The number of thioether (sulfide) groups is 1. The molecule has 0 aliphatic carbocycles. The Hall–Kier alpha value is -2.19. The number of nitrogens with zero attached hydrogens (tertiary/aromatic N) is 5. The van der Waals surface area contributed by atoms with Gasteiger partial charge in [0.15, 0.2) is 11.0 Å². The van der Waals surface area contributed by atoms with Gasteiger partial charge in [0.05, 0.1) is 5.52 Å². The number of fused-ring (bicyclic) bond motifs is 1. The molecular weight excluding hydrogens is 262 g/mol. The fourth-order valence-electron chi connectivity index (χ4n) is 1.72. The molecule has 3 rings (SSSR count). The molecule has 0 amide bonds. The number of aromatic nitrogens is 5. The standard InChI is InChI=1S/C11H11N7S/c1-19-11-13-9(15-12)6-10(14-11)18-8-5-3-2-4-7(8)16-17-18/h2-6H,12H2,1H3,(H,13,14,15). The summed E-state index contributed by atoms with van der Waals surface area (Å²) in [5.41, 5.74) is 4.23. The normalized spacial score (nSPS) is 10.8. The largest absolute Gasteiger partial charge is 0.308 e. The number of para-hydroxylation sites is 1. The minimum atomic E-state index is 0.536. The smallest absolute Gasteiger partial charge is 0.191 e. The zero-order valence-electron chi connectivity index (χ0n) is 10.1. The molecule has 3 aromatic rings. The number of hydrogen-bond donors (Lipinski definition) is 2. The van der Waals surface area contributed by atoms with Gasteiger partial charge in [0.25, 0.3) is 0 Å². The highest BCUT2D eigenvalue weighted by Crippen LogP contribution is 2.19. The van der Waals surface area contributed by atoms with Gasteiger partial charge in [0, 0.05) is 6.07 Å². The minimum Gasteiger partial charge on any atom is -0.308 e. The first kappa shape index (κ1) is 11.9. The van der Waals surface area contributed by atoms with Gasteiger partial charge in [-0.05, 0) is 18.4 Å². The topological polar surface area (TPSA) is 94.5 Å². The van der Waals surface area contributed by atoms with Crippen LogP contribution in [0.4, 0.5) is 5.82 Å². The Balaban J connectivity index is 2.20. The van der Waals surface area contributed by atoms with Gasteiger partial charge < -0.3 is 5.43 Å². The van der Waals surface area contributed by atoms with Crippen LogP contribution >= 0.6 is 11.8 Å². The number of anilines is 1. The van der Waals surface area contributed by atoms with Crippen molar-refractivity contribution in [2.75, 3.05) is 11.7 Å². The minimum absolute atomic E-state index is 0.536. The Bertz CT molecular complexity index is 702. The van der Waals surface area contributed by atoms with Gasteiger partial charge in [-0.1, -0.05) is 29.1 Å². The molecule has 7 nitrogen and oxygen atoms in total. The van der Waals surface area contributed by atoms with Crippen molar-refractivity contribution in [3.05, 3.63) is 30.3 Å². The van der Waals surface area contributed by atoms with Gasteiger partial charge in [-0.15, -0.1) is 5.10 Å². The van der Waals surface area contributed by atoms with E-state index in [4.69, 9.17) is 5.84 Å². The van der Waals surface area contributed by atoms with E-state index in [1.807, 2.05) is 30.5 Å². The van der Waals surface area contributed by atoms with E-state index in [9.17, 15) is 0 Å². The van der Waals surface area contributed by atoms with Crippen LogP contribution in [0.5, 0.6) is 0 Å². The summed E-state index contributed by atoms with van der Waals surface area (Å²) in [7, 11) is 0. The van der Waals surface area contributed by atoms with Crippen LogP contribution in [0.1, 0.15) is 0 Å². The highest BCUT2D eigenvalue weighted by atomic mass is 32.2. The van der Waals surface area contributed by atoms with Crippen molar-refractivity contribution in [3.8, 4) is 5.82 Å². The van der Waals surface area contributed by atoms with Gasteiger partial charge >= 0.3 is 0 Å². The first-order valence-electron chi connectivity index (χ1n) is 5.52. The van der Waals surface area contributed by atoms with Crippen molar-refractivity contribution in [3.63, 3.8) is 0 Å². The van der Waals surface area contributed by atoms with Crippen LogP contribution in [-0.4, -0.2) is 31.2 Å². The second-order valence-electron chi connectivity index (χ2n) is 3.73. The molecule has 96 valence electrons. The predicted octanol–water partition coefficient (Wildman–Crippen LogP) is 1.22. The summed E-state index contributed by atoms with van der Waals surface area (Å²) < 4.78 is 1.66. The lowest BCUT2D eigenvalue weighted by atomic mass is 10.3. The Morgan fingerprint density at radius 2 is 2.11 bits per heavy atom. The number of hydrogen-bond acceptors (Lipinski definition) is 7. The molecule has 0 fully saturated rings. The number of rotatable bonds is 3. The van der Waals surface area contributed by atoms with E-state index in [-0.39, 0.29) is 0 Å². The van der Waals surface area contributed by atoms with E-state index >= 15 is 0 Å². The maximum Gasteiger partial charge on any atom is 0.191 e. The fraction of sp³-hybridized carbons (Fsp3) is 0.0909. The van der Waals surface area contributed by atoms with Crippen molar-refractivity contribution < 1.29 is 0 Å². The van der Waals surface area contributed by atoms with Crippen LogP contribution in [0.2, 0.25) is 0 Å². The molecule has 2 aromatic heterocycles. The lowest BCUT2D eigenvalue weighted by molar-refractivity contribution is 0.777. The summed E-state index contributed by atoms with van der Waals surface area (Å²) in [6.45, 7) is 0. The maximum absolute atomic E-state index is 5.41. The van der Waals surface area contributed by atoms with E-state index in [2.05, 4.69) is 25.7 Å². The Kier molecular flexibility index (Phi) is 3.02. The molecule has 0 radical (unpaired) electrons. The third-order valence-corrected chi connectivity index (χ3v) is 3.14. The van der Waals surface area contributed by atoms with Crippen LogP contribution in [0.3, 0.4) is 0 Å². The quantitative estimate of drug-likeness (QED) is 0.320. The molecular formula is C11H11N7S. The highest BCUT2D eigenvalue weighted by Gasteiger charge is 2.10. The molecule has 0 saturated heterocycles. The van der Waals surface area contributed by atoms with Crippen molar-refractivity contribution in [2.24, 2.45) is 5.84 Å². The molecule has 0 saturated carbocycles. The van der Waals surface area contributed by atoms with Crippen LogP contribution in [-0.2, 0) is 0 Å². The van der Waals surface area contributed by atoms with Gasteiger partial charge in [-0.2, -0.15) is 4.68 Å². The zero-order valence-corrected chi connectivity index (χ0v) is 10.9. The third-order valence-electron chi connectivity index (χ3n) is 2.59. The summed E-state index contributed by atoms with van der Waals surface area (Å²) in [6.07, 6.45) is 1.90. The molecule has 19 heavy (non-hydrogen) atoms. The van der Waals surface area contributed by atoms with Crippen LogP contribution in [0, 0.1) is 0 Å². The summed E-state index contributed by atoms with van der Waals surface area (Å²) in [4.78, 5) is 8.62. The molecule has 0 aliphatic rings. The van der Waals surface area contributed by atoms with E-state index in [0.717, 1.165) is 11.0 Å². The van der Waals surface area contributed by atoms with Gasteiger partial charge in [0.2, 0.25) is 0 Å². The van der Waals surface area contributed by atoms with Crippen LogP contribution in [0.15, 0.2) is 35.5 Å². The van der Waals surface area contributed by atoms with Crippen LogP contribution < -0.4 is 11.3 Å². The third kappa shape index (κ3) is 2.11. The first-order valence-corrected chi connectivity index (χ1v) is 6.75. The van der Waals surface area contributed by atoms with Crippen molar-refractivity contribution >= 4 is 28.6 Å². The fourth-order valence-corrected chi connectivity index (χ4v) is 2.10. The molecule has 1 aromatic carbocycles. The lowest BCUT2D eigenvalue weighted by Gasteiger charge is -2.06. The average Bonchev–Trinajstić information content (AvgIpc) is 2.90. The van der Waals surface area contributed by atoms with Gasteiger partial charge in [-0.25, -0.2) is 15.8 Å². The number of nitrogens with two attached hydrogens (primary N) is 1. The molecule has 0 aliphatic heterocycles. The molecule has 3 N–H and O–H groups in total. The maximum atomic E-state index is 5.41. The van der Waals surface area contributed by atoms with E-state index in [1.165, 1.54) is 11.8 Å². The molecule has 0 bridgehead atoms. The van der Waals surface area contributed by atoms with E-state index in [0.29, 0.717) is 16.8 Å². The molecule has 8 heteroatoms. The lowest BCUT2D eigenvalue weighted by Crippen LogP contribution is -2.11. The SMILES string of the molecule is CSc1nc(NN)cc(-n2nnc3ccccc32)n1. The summed E-state index contributed by atoms with van der Waals surface area (Å²) >= 11 is 1.44. The Morgan fingerprint density at radius 1 is 1.26 bits per heavy atom. The van der Waals surface area contributed by atoms with Crippen LogP contribution in [0.25, 0.3) is 16.9 Å². The summed E-state index contributed by atoms with van der Waals surface area (Å²) in [5.74, 6) is 6.58. The second-order valence-corrected chi connectivity index (χ2v) is 4.51. The molecule has 0 atom stereocenters. The second kappa shape index (κ2) is 4.82. The number of nitrogen functional groups attached to an aromatic ring is 1. The number of nitrogens with one attached hydrogen (secondary N) is 1. The number of benzene rings is 1. The molecule has 0 spiro atoms. The summed E-state index contributed by atoms with van der Waals surface area (Å²) in [6, 6.07) is 9.41. The number of hydrazine groups is 1. The van der Waals surface area contributed by atoms with Crippen molar-refractivity contribution in [1.29, 1.82) is 0 Å². The average molecular weight is 273 g/mol. The summed E-state index contributed by atoms with van der Waals surface area (Å²) in [5, 5.41) is 8.83. The monoisotopic (exact) mass is 273 g/mol.